The summed E-state index contributed by atoms with van der Waals surface area (Å²) in [6.07, 6.45) is 1.13. The maximum Gasteiger partial charge on any atom is 0.116 e. The monoisotopic (exact) mass is 497 g/mol. The first kappa shape index (κ1) is 22.9. The Hall–Kier alpha value is -2.56. The molecule has 0 aliphatic rings. The molecule has 0 spiro atoms. The van der Waals surface area contributed by atoms with Gasteiger partial charge in [0.05, 0.1) is 24.0 Å². The quantitative estimate of drug-likeness (QED) is 0.219. The highest BCUT2D eigenvalue weighted by Crippen LogP contribution is 2.39. The van der Waals surface area contributed by atoms with Crippen LogP contribution in [0.3, 0.4) is 0 Å². The summed E-state index contributed by atoms with van der Waals surface area (Å²) < 4.78 is 10.8. The maximum atomic E-state index is 8.48. The van der Waals surface area contributed by atoms with Gasteiger partial charge < -0.3 is 0 Å². The third-order valence-corrected chi connectivity index (χ3v) is 14.5. The second kappa shape index (κ2) is 9.14. The Bertz CT molecular complexity index is 1570. The molecule has 180 valence electrons. The number of thiophene rings is 1. The Morgan fingerprint density at radius 3 is 2.34 bits per heavy atom. The number of aromatic nitrogens is 2. The van der Waals surface area contributed by atoms with Crippen LogP contribution in [0.2, 0.25) is 18.1 Å². The fraction of sp³-hybridized carbons (Fsp3) is 0.355. The molecular weight excluding hydrogens is 461 g/mol. The molecule has 3 aromatic carbocycles. The summed E-state index contributed by atoms with van der Waals surface area (Å²) >= 11 is 1.77. The average Bonchev–Trinajstić information content (AvgIpc) is 3.21. The molecule has 2 aromatic heterocycles. The highest BCUT2D eigenvalue weighted by atomic mass is 32.1. The third kappa shape index (κ3) is 4.32. The standard InChI is InChI=1S/C31H36N2SSi/c1-7-35(8-2,9-3)27-18-23(17-22-12-10-11-13-24(22)27)28-30-29(33-20-32-28)25-15-14-21(16-26(25)34-30)19-31(4,5)6/h10-18,20H,7-9,19H2,1-6H3/i20D. The number of benzene rings is 3. The summed E-state index contributed by atoms with van der Waals surface area (Å²) in [5.41, 5.74) is 4.52. The summed E-state index contributed by atoms with van der Waals surface area (Å²) in [7, 11) is -1.65. The summed E-state index contributed by atoms with van der Waals surface area (Å²) in [5.74, 6) is 0. The van der Waals surface area contributed by atoms with E-state index in [0.717, 1.165) is 33.3 Å². The van der Waals surface area contributed by atoms with Crippen LogP contribution in [0, 0.1) is 5.41 Å². The van der Waals surface area contributed by atoms with E-state index in [1.165, 1.54) is 44.4 Å². The molecule has 5 aromatic rings. The molecule has 2 nitrogen and oxygen atoms in total. The molecule has 2 heterocycles. The van der Waals surface area contributed by atoms with Crippen molar-refractivity contribution in [2.75, 3.05) is 0 Å². The summed E-state index contributed by atoms with van der Waals surface area (Å²) in [4.78, 5) is 9.35. The van der Waals surface area contributed by atoms with Gasteiger partial charge in [0.2, 0.25) is 0 Å². The van der Waals surface area contributed by atoms with Crippen molar-refractivity contribution in [1.29, 1.82) is 0 Å². The predicted molar refractivity (Wildman–Crippen MR) is 158 cm³/mol. The first-order chi connectivity index (χ1) is 17.2. The second-order valence-corrected chi connectivity index (χ2v) is 17.4. The van der Waals surface area contributed by atoms with Gasteiger partial charge in [0.1, 0.15) is 7.67 Å². The van der Waals surface area contributed by atoms with E-state index in [-0.39, 0.29) is 11.7 Å². The minimum absolute atomic E-state index is 0.0932. The van der Waals surface area contributed by atoms with E-state index in [4.69, 9.17) is 6.35 Å². The van der Waals surface area contributed by atoms with Crippen LogP contribution < -0.4 is 5.19 Å². The zero-order chi connectivity index (χ0) is 25.7. The van der Waals surface area contributed by atoms with Gasteiger partial charge in [0, 0.05) is 15.6 Å². The average molecular weight is 498 g/mol. The van der Waals surface area contributed by atoms with Crippen molar-refractivity contribution < 1.29 is 1.37 Å². The van der Waals surface area contributed by atoms with Crippen LogP contribution in [-0.4, -0.2) is 18.0 Å². The molecule has 0 amide bonds. The van der Waals surface area contributed by atoms with Crippen molar-refractivity contribution in [2.45, 2.75) is 66.1 Å². The van der Waals surface area contributed by atoms with Crippen LogP contribution in [-0.2, 0) is 6.42 Å². The van der Waals surface area contributed by atoms with Gasteiger partial charge in [0.25, 0.3) is 0 Å². The highest BCUT2D eigenvalue weighted by molar-refractivity contribution is 7.26. The fourth-order valence-corrected chi connectivity index (χ4v) is 10.8. The molecule has 0 atom stereocenters. The lowest BCUT2D eigenvalue weighted by Gasteiger charge is -2.30. The van der Waals surface area contributed by atoms with Gasteiger partial charge in [-0.1, -0.05) is 107 Å². The number of fused-ring (bicyclic) bond motifs is 4. The van der Waals surface area contributed by atoms with Gasteiger partial charge in [0.15, 0.2) is 0 Å². The summed E-state index contributed by atoms with van der Waals surface area (Å²) in [5, 5.41) is 5.32. The second-order valence-electron chi connectivity index (χ2n) is 11.1. The Morgan fingerprint density at radius 2 is 1.63 bits per heavy atom. The zero-order valence-corrected chi connectivity index (χ0v) is 23.6. The molecule has 0 saturated heterocycles. The molecule has 0 aliphatic heterocycles. The van der Waals surface area contributed by atoms with Crippen molar-refractivity contribution in [3.63, 3.8) is 0 Å². The van der Waals surface area contributed by atoms with Crippen molar-refractivity contribution in [2.24, 2.45) is 5.41 Å². The lowest BCUT2D eigenvalue weighted by molar-refractivity contribution is 0.411. The van der Waals surface area contributed by atoms with Crippen molar-refractivity contribution in [3.05, 3.63) is 66.5 Å². The van der Waals surface area contributed by atoms with Gasteiger partial charge in [-0.3, -0.25) is 0 Å². The lowest BCUT2D eigenvalue weighted by Crippen LogP contribution is -2.46. The van der Waals surface area contributed by atoms with Gasteiger partial charge in [-0.2, -0.15) is 0 Å². The van der Waals surface area contributed by atoms with Gasteiger partial charge in [-0.15, -0.1) is 11.3 Å². The topological polar surface area (TPSA) is 25.8 Å². The Morgan fingerprint density at radius 1 is 0.886 bits per heavy atom. The van der Waals surface area contributed by atoms with E-state index in [1.807, 2.05) is 0 Å². The number of nitrogens with zero attached hydrogens (tertiary/aromatic N) is 2. The molecule has 0 radical (unpaired) electrons. The molecule has 4 heteroatoms. The number of rotatable bonds is 6. The minimum atomic E-state index is -1.65. The predicted octanol–water partition coefficient (Wildman–Crippen LogP) is 8.97. The van der Waals surface area contributed by atoms with Gasteiger partial charge in [-0.05, 0) is 40.3 Å². The van der Waals surface area contributed by atoms with E-state index < -0.39 is 8.07 Å². The molecule has 35 heavy (non-hydrogen) atoms. The SMILES string of the molecule is [2H]c1nc(-c2cc([Si](CC)(CC)CC)c3ccccc3c2)c2sc3cc(CC(C)(C)C)ccc3c2n1. The van der Waals surface area contributed by atoms with Crippen LogP contribution in [0.1, 0.15) is 48.5 Å². The Labute approximate surface area is 215 Å². The number of hydrogen-bond acceptors (Lipinski definition) is 3. The van der Waals surface area contributed by atoms with Crippen LogP contribution in [0.25, 0.3) is 42.3 Å². The molecule has 0 fully saturated rings. The summed E-state index contributed by atoms with van der Waals surface area (Å²) in [6.45, 7) is 13.9. The molecule has 0 aliphatic carbocycles. The molecule has 0 N–H and O–H groups in total. The smallest absolute Gasteiger partial charge is 0.116 e. The minimum Gasteiger partial charge on any atom is -0.235 e. The molecule has 0 bridgehead atoms. The first-order valence-electron chi connectivity index (χ1n) is 13.4. The van der Waals surface area contributed by atoms with E-state index in [9.17, 15) is 0 Å². The lowest BCUT2D eigenvalue weighted by atomic mass is 9.88. The molecular formula is C31H36N2SSi. The fourth-order valence-electron chi connectivity index (χ4n) is 5.70. The van der Waals surface area contributed by atoms with Crippen LogP contribution in [0.4, 0.5) is 0 Å². The molecule has 0 unspecified atom stereocenters. The van der Waals surface area contributed by atoms with Crippen LogP contribution in [0.5, 0.6) is 0 Å². The first-order valence-corrected chi connectivity index (χ1v) is 16.3. The normalized spacial score (nSPS) is 13.1. The summed E-state index contributed by atoms with van der Waals surface area (Å²) in [6, 6.07) is 23.9. The molecule has 0 saturated carbocycles. The number of hydrogen-bond donors (Lipinski definition) is 0. The van der Waals surface area contributed by atoms with E-state index in [2.05, 4.69) is 101 Å². The Balaban J connectivity index is 1.78. The highest BCUT2D eigenvalue weighted by Gasteiger charge is 2.31. The van der Waals surface area contributed by atoms with Crippen molar-refractivity contribution >= 4 is 55.7 Å². The van der Waals surface area contributed by atoms with E-state index in [0.29, 0.717) is 0 Å². The molecule has 5 rings (SSSR count). The maximum absolute atomic E-state index is 8.48. The zero-order valence-electron chi connectivity index (χ0n) is 22.8. The van der Waals surface area contributed by atoms with E-state index >= 15 is 0 Å². The van der Waals surface area contributed by atoms with Gasteiger partial charge in [-0.25, -0.2) is 9.97 Å². The largest absolute Gasteiger partial charge is 0.235 e. The van der Waals surface area contributed by atoms with Gasteiger partial charge >= 0.3 is 0 Å². The van der Waals surface area contributed by atoms with Crippen LogP contribution in [0.15, 0.2) is 60.9 Å². The third-order valence-electron chi connectivity index (χ3n) is 7.74. The van der Waals surface area contributed by atoms with E-state index in [1.54, 1.807) is 11.3 Å². The van der Waals surface area contributed by atoms with Crippen molar-refractivity contribution in [3.8, 4) is 11.3 Å². The van der Waals surface area contributed by atoms with Crippen LogP contribution >= 0.6 is 11.3 Å². The van der Waals surface area contributed by atoms with Crippen molar-refractivity contribution in [1.82, 2.24) is 9.97 Å². The Kier molecular flexibility index (Phi) is 5.98.